The largest absolute Gasteiger partial charge is 0.507 e. The fraction of sp³-hybridized carbons (Fsp3) is 0.333. The molecule has 2 aromatic heterocycles. The maximum atomic E-state index is 14.5. The summed E-state index contributed by atoms with van der Waals surface area (Å²) in [6.45, 7) is 4.05. The number of fused-ring (bicyclic) bond motifs is 2. The molecule has 0 saturated carbocycles. The summed E-state index contributed by atoms with van der Waals surface area (Å²) in [5.41, 5.74) is 2.73. The van der Waals surface area contributed by atoms with Crippen molar-refractivity contribution in [2.45, 2.75) is 18.9 Å². The van der Waals surface area contributed by atoms with Crippen LogP contribution in [0.1, 0.15) is 12.8 Å². The van der Waals surface area contributed by atoms with E-state index in [2.05, 4.69) is 30.1 Å². The van der Waals surface area contributed by atoms with Gasteiger partial charge in [0.15, 0.2) is 5.82 Å². The van der Waals surface area contributed by atoms with Gasteiger partial charge in [0.2, 0.25) is 5.95 Å². The Hall–Kier alpha value is -3.59. The second-order valence-electron chi connectivity index (χ2n) is 8.85. The van der Waals surface area contributed by atoms with Crippen molar-refractivity contribution in [3.05, 3.63) is 48.5 Å². The molecule has 2 aliphatic rings. The molecule has 0 aliphatic carbocycles. The van der Waals surface area contributed by atoms with Crippen molar-refractivity contribution in [3.8, 4) is 28.1 Å². The average Bonchev–Trinajstić information content (AvgIpc) is 3.44. The van der Waals surface area contributed by atoms with E-state index in [9.17, 15) is 9.50 Å². The predicted octanol–water partition coefficient (Wildman–Crippen LogP) is 3.22. The number of aryl methyl sites for hydroxylation is 1. The van der Waals surface area contributed by atoms with Gasteiger partial charge in [0.1, 0.15) is 17.0 Å². The topological polar surface area (TPSA) is 83.2 Å². The molecular weight excluding hydrogens is 421 g/mol. The van der Waals surface area contributed by atoms with Gasteiger partial charge in [-0.15, -0.1) is 10.2 Å². The first-order valence-electron chi connectivity index (χ1n) is 11.2. The lowest BCUT2D eigenvalue weighted by atomic mass is 10.0. The number of phenolic OH excluding ortho intramolecular Hbond substituents is 1. The minimum absolute atomic E-state index is 0.0441. The number of hydrogen-bond donors (Lipinski definition) is 1. The van der Waals surface area contributed by atoms with E-state index < -0.39 is 5.82 Å². The minimum atomic E-state index is -0.393. The summed E-state index contributed by atoms with van der Waals surface area (Å²) in [6, 6.07) is 9.08. The van der Waals surface area contributed by atoms with Crippen LogP contribution in [0.2, 0.25) is 0 Å². The number of hydrogen-bond acceptors (Lipinski definition) is 7. The standard InChI is InChI=1S/C24H24FN7O/c1-30-13-17-9-16(10-20(25)23(17)29-30)15-4-5-19(22(33)11-15)21-12-26-24(28-27-21)32-8-7-31-6-2-3-18(31)14-32/h4-5,9-13,18,33H,2-3,6-8,14H2,1H3. The van der Waals surface area contributed by atoms with Crippen LogP contribution in [-0.4, -0.2) is 67.2 Å². The van der Waals surface area contributed by atoms with Crippen LogP contribution >= 0.6 is 0 Å². The van der Waals surface area contributed by atoms with Crippen LogP contribution in [0, 0.1) is 5.82 Å². The number of halogens is 1. The van der Waals surface area contributed by atoms with E-state index in [-0.39, 0.29) is 5.75 Å². The number of piperazine rings is 1. The monoisotopic (exact) mass is 445 g/mol. The highest BCUT2D eigenvalue weighted by molar-refractivity contribution is 5.85. The van der Waals surface area contributed by atoms with E-state index in [0.717, 1.165) is 19.6 Å². The fourth-order valence-electron chi connectivity index (χ4n) is 5.02. The highest BCUT2D eigenvalue weighted by Gasteiger charge is 2.31. The molecule has 0 radical (unpaired) electrons. The molecule has 168 valence electrons. The van der Waals surface area contributed by atoms with Gasteiger partial charge in [0.25, 0.3) is 0 Å². The molecule has 2 aliphatic heterocycles. The summed E-state index contributed by atoms with van der Waals surface area (Å²) in [5, 5.41) is 24.2. The van der Waals surface area contributed by atoms with Gasteiger partial charge in [-0.1, -0.05) is 6.07 Å². The molecule has 0 amide bonds. The molecule has 6 rings (SSSR count). The number of aromatic nitrogens is 5. The quantitative estimate of drug-likeness (QED) is 0.518. The number of rotatable bonds is 3. The number of aromatic hydroxyl groups is 1. The van der Waals surface area contributed by atoms with Crippen LogP contribution in [0.25, 0.3) is 33.3 Å². The normalized spacial score (nSPS) is 18.7. The fourth-order valence-corrected chi connectivity index (χ4v) is 5.02. The summed E-state index contributed by atoms with van der Waals surface area (Å²) in [6.07, 6.45) is 5.90. The molecule has 2 fully saturated rings. The van der Waals surface area contributed by atoms with Gasteiger partial charge in [-0.2, -0.15) is 5.10 Å². The SMILES string of the molecule is Cn1cc2cc(-c3ccc(-c4cnc(N5CCN6CCCC6C5)nn4)c(O)c3)cc(F)c2n1. The third-order valence-electron chi connectivity index (χ3n) is 6.70. The number of phenols is 1. The number of benzene rings is 2. The first-order valence-corrected chi connectivity index (χ1v) is 11.2. The first-order chi connectivity index (χ1) is 16.0. The van der Waals surface area contributed by atoms with Gasteiger partial charge in [0, 0.05) is 49.9 Å². The molecular formula is C24H24FN7O. The smallest absolute Gasteiger partial charge is 0.245 e. The zero-order chi connectivity index (χ0) is 22.5. The molecule has 8 nitrogen and oxygen atoms in total. The predicted molar refractivity (Wildman–Crippen MR) is 123 cm³/mol. The average molecular weight is 446 g/mol. The van der Waals surface area contributed by atoms with Gasteiger partial charge < -0.3 is 10.0 Å². The highest BCUT2D eigenvalue weighted by Crippen LogP contribution is 2.34. The van der Waals surface area contributed by atoms with Crippen molar-refractivity contribution in [3.63, 3.8) is 0 Å². The first kappa shape index (κ1) is 20.0. The summed E-state index contributed by atoms with van der Waals surface area (Å²) in [4.78, 5) is 9.25. The maximum absolute atomic E-state index is 14.5. The minimum Gasteiger partial charge on any atom is -0.507 e. The van der Waals surface area contributed by atoms with E-state index in [0.29, 0.717) is 45.3 Å². The summed E-state index contributed by atoms with van der Waals surface area (Å²) in [7, 11) is 1.76. The Kier molecular flexibility index (Phi) is 4.72. The summed E-state index contributed by atoms with van der Waals surface area (Å²) in [5.74, 6) is 0.278. The van der Waals surface area contributed by atoms with Crippen molar-refractivity contribution in [1.29, 1.82) is 0 Å². The van der Waals surface area contributed by atoms with Crippen molar-refractivity contribution < 1.29 is 9.50 Å². The Bertz CT molecular complexity index is 1340. The molecule has 33 heavy (non-hydrogen) atoms. The molecule has 4 heterocycles. The second kappa shape index (κ2) is 7.77. The van der Waals surface area contributed by atoms with Crippen LogP contribution in [0.5, 0.6) is 5.75 Å². The van der Waals surface area contributed by atoms with Crippen molar-refractivity contribution in [2.75, 3.05) is 31.1 Å². The van der Waals surface area contributed by atoms with Crippen LogP contribution in [-0.2, 0) is 7.05 Å². The van der Waals surface area contributed by atoms with Gasteiger partial charge in [-0.3, -0.25) is 9.58 Å². The van der Waals surface area contributed by atoms with E-state index in [4.69, 9.17) is 0 Å². The number of anilines is 1. The van der Waals surface area contributed by atoms with E-state index in [1.807, 2.05) is 12.1 Å². The van der Waals surface area contributed by atoms with Crippen LogP contribution in [0.15, 0.2) is 42.7 Å². The van der Waals surface area contributed by atoms with Gasteiger partial charge >= 0.3 is 0 Å². The lowest BCUT2D eigenvalue weighted by Gasteiger charge is -2.37. The van der Waals surface area contributed by atoms with E-state index >= 15 is 0 Å². The molecule has 2 saturated heterocycles. The van der Waals surface area contributed by atoms with Crippen molar-refractivity contribution >= 4 is 16.9 Å². The molecule has 1 atom stereocenters. The maximum Gasteiger partial charge on any atom is 0.245 e. The van der Waals surface area contributed by atoms with Gasteiger partial charge in [0.05, 0.1) is 6.20 Å². The Labute approximate surface area is 190 Å². The Morgan fingerprint density at radius 2 is 1.97 bits per heavy atom. The van der Waals surface area contributed by atoms with E-state index in [1.165, 1.54) is 25.5 Å². The second-order valence-corrected chi connectivity index (χ2v) is 8.85. The Morgan fingerprint density at radius 3 is 2.79 bits per heavy atom. The van der Waals surface area contributed by atoms with Crippen LogP contribution < -0.4 is 4.90 Å². The number of nitrogens with zero attached hydrogens (tertiary/aromatic N) is 7. The molecule has 0 bridgehead atoms. The molecule has 1 unspecified atom stereocenters. The zero-order valence-corrected chi connectivity index (χ0v) is 18.3. The molecule has 4 aromatic rings. The van der Waals surface area contributed by atoms with Crippen LogP contribution in [0.3, 0.4) is 0 Å². The lowest BCUT2D eigenvalue weighted by Crippen LogP contribution is -2.50. The van der Waals surface area contributed by atoms with Crippen molar-refractivity contribution in [2.24, 2.45) is 7.05 Å². The summed E-state index contributed by atoms with van der Waals surface area (Å²) < 4.78 is 16.1. The molecule has 0 spiro atoms. The molecule has 2 aromatic carbocycles. The Morgan fingerprint density at radius 1 is 1.06 bits per heavy atom. The zero-order valence-electron chi connectivity index (χ0n) is 18.3. The van der Waals surface area contributed by atoms with Crippen LogP contribution in [0.4, 0.5) is 10.3 Å². The Balaban J connectivity index is 1.25. The van der Waals surface area contributed by atoms with E-state index in [1.54, 1.807) is 36.3 Å². The molecule has 9 heteroatoms. The third kappa shape index (κ3) is 3.58. The lowest BCUT2D eigenvalue weighted by molar-refractivity contribution is 0.229. The molecule has 1 N–H and O–H groups in total. The van der Waals surface area contributed by atoms with Crippen molar-refractivity contribution in [1.82, 2.24) is 29.9 Å². The third-order valence-corrected chi connectivity index (χ3v) is 6.70. The van der Waals surface area contributed by atoms with Gasteiger partial charge in [-0.05, 0) is 54.8 Å². The summed E-state index contributed by atoms with van der Waals surface area (Å²) >= 11 is 0. The van der Waals surface area contributed by atoms with Gasteiger partial charge in [-0.25, -0.2) is 9.37 Å². The highest BCUT2D eigenvalue weighted by atomic mass is 19.1.